The smallest absolute Gasteiger partial charge is 0.387 e. The van der Waals surface area contributed by atoms with Crippen LogP contribution in [-0.4, -0.2) is 41.2 Å². The molecule has 0 radical (unpaired) electrons. The number of hydrogen-bond acceptors (Lipinski definition) is 7. The summed E-state index contributed by atoms with van der Waals surface area (Å²) in [7, 11) is 1.66. The Balaban J connectivity index is 1.56. The average Bonchev–Trinajstić information content (AvgIpc) is 3.39. The van der Waals surface area contributed by atoms with E-state index in [0.29, 0.717) is 24.7 Å². The fourth-order valence-electron chi connectivity index (χ4n) is 2.74. The van der Waals surface area contributed by atoms with Crippen molar-refractivity contribution in [3.05, 3.63) is 46.5 Å². The molecule has 0 spiro atoms. The molecule has 0 saturated heterocycles. The van der Waals surface area contributed by atoms with E-state index in [9.17, 15) is 13.6 Å². The highest BCUT2D eigenvalue weighted by Gasteiger charge is 2.16. The van der Waals surface area contributed by atoms with Crippen molar-refractivity contribution in [2.45, 2.75) is 32.9 Å². The van der Waals surface area contributed by atoms with Gasteiger partial charge >= 0.3 is 6.61 Å². The van der Waals surface area contributed by atoms with Gasteiger partial charge in [0.05, 0.1) is 6.61 Å². The average molecular weight is 437 g/mol. The van der Waals surface area contributed by atoms with Crippen LogP contribution in [-0.2, 0) is 17.8 Å². The van der Waals surface area contributed by atoms with Gasteiger partial charge in [-0.1, -0.05) is 11.2 Å². The number of carbonyl (C=O) groups excluding carboxylic acids is 1. The van der Waals surface area contributed by atoms with Crippen LogP contribution < -0.4 is 9.47 Å². The quantitative estimate of drug-likeness (QED) is 0.468. The molecule has 0 aliphatic carbocycles. The molecule has 2 heterocycles. The molecule has 0 aliphatic heterocycles. The van der Waals surface area contributed by atoms with Gasteiger partial charge in [-0.25, -0.2) is 0 Å². The minimum Gasteiger partial charge on any atom is -0.490 e. The van der Waals surface area contributed by atoms with Gasteiger partial charge in [0, 0.05) is 37.4 Å². The molecule has 0 saturated carbocycles. The lowest BCUT2D eigenvalue weighted by Crippen LogP contribution is -2.26. The molecule has 0 bridgehead atoms. The SMILES string of the molecule is CCOc1cc(CN(C)C(=O)CCc2nc(-c3ccsc3)no2)ccc1OC(F)F. The summed E-state index contributed by atoms with van der Waals surface area (Å²) >= 11 is 1.54. The first-order chi connectivity index (χ1) is 14.5. The number of aryl methyl sites for hydroxylation is 1. The van der Waals surface area contributed by atoms with Crippen molar-refractivity contribution in [3.63, 3.8) is 0 Å². The van der Waals surface area contributed by atoms with Gasteiger partial charge in [-0.15, -0.1) is 0 Å². The summed E-state index contributed by atoms with van der Waals surface area (Å²) < 4.78 is 40.1. The highest BCUT2D eigenvalue weighted by atomic mass is 32.1. The van der Waals surface area contributed by atoms with Crippen LogP contribution in [0.15, 0.2) is 39.5 Å². The Morgan fingerprint density at radius 2 is 2.13 bits per heavy atom. The molecular formula is C20H21F2N3O4S. The van der Waals surface area contributed by atoms with Crippen molar-refractivity contribution in [1.82, 2.24) is 15.0 Å². The topological polar surface area (TPSA) is 77.7 Å². The molecule has 0 atom stereocenters. The molecule has 7 nitrogen and oxygen atoms in total. The second-order valence-electron chi connectivity index (χ2n) is 6.37. The number of benzene rings is 1. The number of hydrogen-bond donors (Lipinski definition) is 0. The number of alkyl halides is 2. The summed E-state index contributed by atoms with van der Waals surface area (Å²) in [6, 6.07) is 6.52. The molecule has 2 aromatic heterocycles. The van der Waals surface area contributed by atoms with Crippen LogP contribution in [0.25, 0.3) is 11.4 Å². The lowest BCUT2D eigenvalue weighted by atomic mass is 10.1. The lowest BCUT2D eigenvalue weighted by molar-refractivity contribution is -0.130. The summed E-state index contributed by atoms with van der Waals surface area (Å²) in [6.07, 6.45) is 0.526. The van der Waals surface area contributed by atoms with Gasteiger partial charge < -0.3 is 18.9 Å². The summed E-state index contributed by atoms with van der Waals surface area (Å²) in [5.74, 6) is 0.952. The van der Waals surface area contributed by atoms with Gasteiger partial charge in [-0.3, -0.25) is 4.79 Å². The Morgan fingerprint density at radius 3 is 2.83 bits per heavy atom. The predicted molar refractivity (Wildman–Crippen MR) is 107 cm³/mol. The zero-order chi connectivity index (χ0) is 21.5. The molecule has 160 valence electrons. The number of thiophene rings is 1. The predicted octanol–water partition coefficient (Wildman–Crippen LogP) is 4.39. The number of aromatic nitrogens is 2. The second-order valence-corrected chi connectivity index (χ2v) is 7.15. The van der Waals surface area contributed by atoms with E-state index >= 15 is 0 Å². The van der Waals surface area contributed by atoms with Crippen LogP contribution in [0.2, 0.25) is 0 Å². The molecule has 0 N–H and O–H groups in total. The zero-order valence-electron chi connectivity index (χ0n) is 16.5. The molecule has 1 aromatic carbocycles. The highest BCUT2D eigenvalue weighted by Crippen LogP contribution is 2.30. The molecule has 3 rings (SSSR count). The molecule has 1 amide bonds. The van der Waals surface area contributed by atoms with Gasteiger partial charge in [0.1, 0.15) is 0 Å². The van der Waals surface area contributed by atoms with Crippen molar-refractivity contribution in [3.8, 4) is 22.9 Å². The highest BCUT2D eigenvalue weighted by molar-refractivity contribution is 7.08. The number of ether oxygens (including phenoxy) is 2. The van der Waals surface area contributed by atoms with Gasteiger partial charge in [-0.2, -0.15) is 25.1 Å². The van der Waals surface area contributed by atoms with Crippen LogP contribution in [0.4, 0.5) is 8.78 Å². The van der Waals surface area contributed by atoms with Crippen LogP contribution >= 0.6 is 11.3 Å². The van der Waals surface area contributed by atoms with Gasteiger partial charge in [0.15, 0.2) is 11.5 Å². The van der Waals surface area contributed by atoms with Crippen molar-refractivity contribution in [2.24, 2.45) is 0 Å². The normalized spacial score (nSPS) is 11.0. The maximum absolute atomic E-state index is 12.5. The van der Waals surface area contributed by atoms with E-state index in [2.05, 4.69) is 14.9 Å². The Labute approximate surface area is 176 Å². The molecule has 3 aromatic rings. The number of carbonyl (C=O) groups is 1. The second kappa shape index (κ2) is 10.1. The first-order valence-corrected chi connectivity index (χ1v) is 10.2. The molecule has 10 heteroatoms. The van der Waals surface area contributed by atoms with E-state index in [4.69, 9.17) is 9.26 Å². The Morgan fingerprint density at radius 1 is 1.30 bits per heavy atom. The minimum absolute atomic E-state index is 0.0394. The van der Waals surface area contributed by atoms with Gasteiger partial charge in [0.2, 0.25) is 17.6 Å². The van der Waals surface area contributed by atoms with Crippen molar-refractivity contribution >= 4 is 17.2 Å². The Kier molecular flexibility index (Phi) is 7.34. The largest absolute Gasteiger partial charge is 0.490 e. The van der Waals surface area contributed by atoms with Crippen LogP contribution in [0.1, 0.15) is 24.8 Å². The number of nitrogens with zero attached hydrogens (tertiary/aromatic N) is 3. The van der Waals surface area contributed by atoms with E-state index in [0.717, 1.165) is 11.1 Å². The fraction of sp³-hybridized carbons (Fsp3) is 0.350. The first kappa shape index (κ1) is 21.7. The first-order valence-electron chi connectivity index (χ1n) is 9.26. The molecule has 30 heavy (non-hydrogen) atoms. The Hall–Kier alpha value is -3.01. The van der Waals surface area contributed by atoms with Crippen molar-refractivity contribution in [2.75, 3.05) is 13.7 Å². The molecule has 0 fully saturated rings. The maximum Gasteiger partial charge on any atom is 0.387 e. The fourth-order valence-corrected chi connectivity index (χ4v) is 3.38. The van der Waals surface area contributed by atoms with Gasteiger partial charge in [-0.05, 0) is 36.1 Å². The number of amides is 1. The number of rotatable bonds is 10. The van der Waals surface area contributed by atoms with E-state index in [-0.39, 0.29) is 30.4 Å². The summed E-state index contributed by atoms with van der Waals surface area (Å²) in [6.45, 7) is -0.604. The third-order valence-corrected chi connectivity index (χ3v) is 4.85. The van der Waals surface area contributed by atoms with Gasteiger partial charge in [0.25, 0.3) is 0 Å². The zero-order valence-corrected chi connectivity index (χ0v) is 17.3. The van der Waals surface area contributed by atoms with Crippen molar-refractivity contribution in [1.29, 1.82) is 0 Å². The third-order valence-electron chi connectivity index (χ3n) is 4.17. The minimum atomic E-state index is -2.94. The Bertz CT molecular complexity index is 963. The van der Waals surface area contributed by atoms with E-state index in [1.807, 2.05) is 16.8 Å². The third kappa shape index (κ3) is 5.76. The van der Waals surface area contributed by atoms with E-state index in [1.165, 1.54) is 22.3 Å². The molecule has 0 unspecified atom stereocenters. The number of halogens is 2. The summed E-state index contributed by atoms with van der Waals surface area (Å²) in [5, 5.41) is 7.76. The monoisotopic (exact) mass is 437 g/mol. The molecule has 0 aliphatic rings. The van der Waals surface area contributed by atoms with Crippen LogP contribution in [0.5, 0.6) is 11.5 Å². The van der Waals surface area contributed by atoms with E-state index in [1.54, 1.807) is 26.1 Å². The standard InChI is InChI=1S/C20H21F2N3O4S/c1-3-27-16-10-13(4-5-15(16)28-20(21)22)11-25(2)18(26)7-6-17-23-19(24-29-17)14-8-9-30-12-14/h4-5,8-10,12,20H,3,6-7,11H2,1-2H3. The summed E-state index contributed by atoms with van der Waals surface area (Å²) in [4.78, 5) is 18.3. The lowest BCUT2D eigenvalue weighted by Gasteiger charge is -2.18. The maximum atomic E-state index is 12.5. The van der Waals surface area contributed by atoms with Crippen molar-refractivity contribution < 1.29 is 27.6 Å². The van der Waals surface area contributed by atoms with E-state index < -0.39 is 6.61 Å². The summed E-state index contributed by atoms with van der Waals surface area (Å²) in [5.41, 5.74) is 1.61. The van der Waals surface area contributed by atoms with Crippen LogP contribution in [0, 0.1) is 0 Å². The molecular weight excluding hydrogens is 416 g/mol. The van der Waals surface area contributed by atoms with Crippen LogP contribution in [0.3, 0.4) is 0 Å².